The standard InChI is InChI=1S/C11H17NO4/c1-3-16-11(14)12-9-5-8(10(13)15-2)6-4-7(6)9/h6-9H,3-5H2,1-2H3,(H,12,14). The van der Waals surface area contributed by atoms with Gasteiger partial charge in [0.15, 0.2) is 0 Å². The molecule has 5 nitrogen and oxygen atoms in total. The van der Waals surface area contributed by atoms with E-state index < -0.39 is 0 Å². The number of carbonyl (C=O) groups excluding carboxylic acids is 2. The maximum Gasteiger partial charge on any atom is 0.407 e. The maximum absolute atomic E-state index is 11.4. The van der Waals surface area contributed by atoms with Gasteiger partial charge in [0.05, 0.1) is 19.6 Å². The average molecular weight is 227 g/mol. The van der Waals surface area contributed by atoms with Crippen LogP contribution in [-0.2, 0) is 14.3 Å². The predicted octanol–water partition coefficient (Wildman–Crippen LogP) is 0.930. The van der Waals surface area contributed by atoms with E-state index in [0.29, 0.717) is 24.9 Å². The van der Waals surface area contributed by atoms with Gasteiger partial charge in [-0.2, -0.15) is 0 Å². The van der Waals surface area contributed by atoms with Gasteiger partial charge in [-0.25, -0.2) is 4.79 Å². The van der Waals surface area contributed by atoms with Gasteiger partial charge in [0, 0.05) is 6.04 Å². The van der Waals surface area contributed by atoms with Gasteiger partial charge in [-0.1, -0.05) is 0 Å². The second-order valence-electron chi connectivity index (χ2n) is 4.40. The highest BCUT2D eigenvalue weighted by molar-refractivity contribution is 5.74. The minimum absolute atomic E-state index is 0.0399. The Labute approximate surface area is 94.5 Å². The molecule has 1 amide bonds. The second kappa shape index (κ2) is 4.31. The number of hydrogen-bond donors (Lipinski definition) is 1. The smallest absolute Gasteiger partial charge is 0.407 e. The Bertz CT molecular complexity index is 304. The predicted molar refractivity (Wildman–Crippen MR) is 55.7 cm³/mol. The van der Waals surface area contributed by atoms with Crippen LogP contribution in [0.3, 0.4) is 0 Å². The van der Waals surface area contributed by atoms with Crippen LogP contribution in [0.1, 0.15) is 19.8 Å². The Morgan fingerprint density at radius 3 is 2.69 bits per heavy atom. The highest BCUT2D eigenvalue weighted by Crippen LogP contribution is 2.55. The van der Waals surface area contributed by atoms with Crippen molar-refractivity contribution in [2.75, 3.05) is 13.7 Å². The number of esters is 1. The van der Waals surface area contributed by atoms with Gasteiger partial charge in [-0.3, -0.25) is 4.79 Å². The topological polar surface area (TPSA) is 64.6 Å². The molecule has 2 saturated carbocycles. The molecular weight excluding hydrogens is 210 g/mol. The summed E-state index contributed by atoms with van der Waals surface area (Å²) in [5, 5.41) is 2.81. The number of alkyl carbamates (subject to hydrolysis) is 1. The van der Waals surface area contributed by atoms with E-state index >= 15 is 0 Å². The molecule has 0 aromatic heterocycles. The Balaban J connectivity index is 1.86. The second-order valence-corrected chi connectivity index (χ2v) is 4.40. The fourth-order valence-electron chi connectivity index (χ4n) is 2.70. The molecule has 5 heteroatoms. The summed E-state index contributed by atoms with van der Waals surface area (Å²) in [7, 11) is 1.41. The van der Waals surface area contributed by atoms with Gasteiger partial charge in [-0.05, 0) is 31.6 Å². The van der Waals surface area contributed by atoms with E-state index in [4.69, 9.17) is 9.47 Å². The number of nitrogens with one attached hydrogen (secondary N) is 1. The normalized spacial score (nSPS) is 35.1. The van der Waals surface area contributed by atoms with Gasteiger partial charge in [-0.15, -0.1) is 0 Å². The minimum atomic E-state index is -0.385. The van der Waals surface area contributed by atoms with Crippen LogP contribution >= 0.6 is 0 Å². The van der Waals surface area contributed by atoms with Crippen LogP contribution in [0.25, 0.3) is 0 Å². The molecule has 4 unspecified atom stereocenters. The largest absolute Gasteiger partial charge is 0.469 e. The van der Waals surface area contributed by atoms with Crippen molar-refractivity contribution in [2.45, 2.75) is 25.8 Å². The molecule has 90 valence electrons. The van der Waals surface area contributed by atoms with Crippen LogP contribution in [0.15, 0.2) is 0 Å². The average Bonchev–Trinajstić information content (AvgIpc) is 2.97. The van der Waals surface area contributed by atoms with Crippen molar-refractivity contribution in [3.63, 3.8) is 0 Å². The molecule has 4 atom stereocenters. The first kappa shape index (κ1) is 11.2. The molecule has 1 N–H and O–H groups in total. The third-order valence-electron chi connectivity index (χ3n) is 3.52. The molecule has 0 bridgehead atoms. The monoisotopic (exact) mass is 227 g/mol. The Hall–Kier alpha value is -1.26. The number of methoxy groups -OCH3 is 1. The quantitative estimate of drug-likeness (QED) is 0.728. The molecule has 2 aliphatic rings. The Kier molecular flexibility index (Phi) is 3.03. The van der Waals surface area contributed by atoms with Crippen molar-refractivity contribution in [1.82, 2.24) is 5.32 Å². The van der Waals surface area contributed by atoms with Crippen LogP contribution in [0.4, 0.5) is 4.79 Å². The van der Waals surface area contributed by atoms with Crippen molar-refractivity contribution in [3.8, 4) is 0 Å². The SMILES string of the molecule is CCOC(=O)NC1CC(C(=O)OC)C2CC12. The van der Waals surface area contributed by atoms with E-state index in [1.165, 1.54) is 7.11 Å². The van der Waals surface area contributed by atoms with Crippen LogP contribution in [0.5, 0.6) is 0 Å². The van der Waals surface area contributed by atoms with Crippen LogP contribution in [-0.4, -0.2) is 31.8 Å². The summed E-state index contributed by atoms with van der Waals surface area (Å²) in [4.78, 5) is 22.7. The highest BCUT2D eigenvalue weighted by atomic mass is 16.5. The van der Waals surface area contributed by atoms with E-state index in [1.807, 2.05) is 0 Å². The molecule has 0 spiro atoms. The van der Waals surface area contributed by atoms with Crippen LogP contribution in [0, 0.1) is 17.8 Å². The van der Waals surface area contributed by atoms with Crippen LogP contribution < -0.4 is 5.32 Å². The number of rotatable bonds is 3. The van der Waals surface area contributed by atoms with E-state index in [9.17, 15) is 9.59 Å². The molecule has 0 heterocycles. The lowest BCUT2D eigenvalue weighted by atomic mass is 10.0. The first-order chi connectivity index (χ1) is 7.67. The van der Waals surface area contributed by atoms with Gasteiger partial charge in [0.25, 0.3) is 0 Å². The summed E-state index contributed by atoms with van der Waals surface area (Å²) in [5.41, 5.74) is 0. The van der Waals surface area contributed by atoms with E-state index in [-0.39, 0.29) is 24.0 Å². The van der Waals surface area contributed by atoms with Crippen LogP contribution in [0.2, 0.25) is 0 Å². The summed E-state index contributed by atoms with van der Waals surface area (Å²) < 4.78 is 9.58. The molecule has 2 fully saturated rings. The zero-order valence-electron chi connectivity index (χ0n) is 9.56. The first-order valence-electron chi connectivity index (χ1n) is 5.68. The molecular formula is C11H17NO4. The molecule has 0 aliphatic heterocycles. The number of fused-ring (bicyclic) bond motifs is 1. The summed E-state index contributed by atoms with van der Waals surface area (Å²) in [5.74, 6) is 0.649. The van der Waals surface area contributed by atoms with Crippen molar-refractivity contribution in [2.24, 2.45) is 17.8 Å². The Morgan fingerprint density at radius 2 is 2.06 bits per heavy atom. The molecule has 0 radical (unpaired) electrons. The highest BCUT2D eigenvalue weighted by Gasteiger charge is 2.57. The zero-order valence-corrected chi connectivity index (χ0v) is 9.56. The number of carbonyl (C=O) groups is 2. The van der Waals surface area contributed by atoms with Gasteiger partial charge in [0.2, 0.25) is 0 Å². The maximum atomic E-state index is 11.4. The lowest BCUT2D eigenvalue weighted by Gasteiger charge is -2.16. The molecule has 0 aromatic rings. The van der Waals surface area contributed by atoms with E-state index in [0.717, 1.165) is 6.42 Å². The number of amides is 1. The van der Waals surface area contributed by atoms with Gasteiger partial charge < -0.3 is 14.8 Å². The molecule has 0 saturated heterocycles. The lowest BCUT2D eigenvalue weighted by molar-refractivity contribution is -0.146. The fraction of sp³-hybridized carbons (Fsp3) is 0.818. The third kappa shape index (κ3) is 1.99. The fourth-order valence-corrected chi connectivity index (χ4v) is 2.70. The van der Waals surface area contributed by atoms with Crippen molar-refractivity contribution < 1.29 is 19.1 Å². The third-order valence-corrected chi connectivity index (χ3v) is 3.52. The summed E-state index contributed by atoms with van der Waals surface area (Å²) in [6.45, 7) is 2.14. The van der Waals surface area contributed by atoms with E-state index in [2.05, 4.69) is 5.32 Å². The lowest BCUT2D eigenvalue weighted by Crippen LogP contribution is -2.36. The molecule has 0 aromatic carbocycles. The summed E-state index contributed by atoms with van der Waals surface area (Å²) >= 11 is 0. The zero-order chi connectivity index (χ0) is 11.7. The van der Waals surface area contributed by atoms with Crippen molar-refractivity contribution >= 4 is 12.1 Å². The Morgan fingerprint density at radius 1 is 1.31 bits per heavy atom. The first-order valence-corrected chi connectivity index (χ1v) is 5.68. The van der Waals surface area contributed by atoms with Crippen molar-refractivity contribution in [3.05, 3.63) is 0 Å². The molecule has 16 heavy (non-hydrogen) atoms. The summed E-state index contributed by atoms with van der Waals surface area (Å²) in [6, 6.07) is 0.0770. The van der Waals surface area contributed by atoms with Crippen molar-refractivity contribution in [1.29, 1.82) is 0 Å². The van der Waals surface area contributed by atoms with E-state index in [1.54, 1.807) is 6.92 Å². The minimum Gasteiger partial charge on any atom is -0.469 e. The molecule has 2 aliphatic carbocycles. The number of hydrogen-bond acceptors (Lipinski definition) is 4. The van der Waals surface area contributed by atoms with Gasteiger partial charge >= 0.3 is 12.1 Å². The molecule has 2 rings (SSSR count). The summed E-state index contributed by atoms with van der Waals surface area (Å²) in [6.07, 6.45) is 1.31. The number of ether oxygens (including phenoxy) is 2. The van der Waals surface area contributed by atoms with Gasteiger partial charge in [0.1, 0.15) is 0 Å².